The van der Waals surface area contributed by atoms with E-state index in [9.17, 15) is 18.7 Å². The normalized spacial score (nSPS) is 13.7. The lowest BCUT2D eigenvalue weighted by molar-refractivity contribution is -0.147. The van der Waals surface area contributed by atoms with Crippen molar-refractivity contribution in [2.75, 3.05) is 13.7 Å². The Morgan fingerprint density at radius 1 is 1.42 bits per heavy atom. The van der Waals surface area contributed by atoms with Crippen LogP contribution in [0.1, 0.15) is 30.9 Å². The maximum atomic E-state index is 13.7. The molecule has 2 aromatic rings. The third kappa shape index (κ3) is 3.97. The van der Waals surface area contributed by atoms with Gasteiger partial charge in [-0.2, -0.15) is 5.10 Å². The van der Waals surface area contributed by atoms with Crippen molar-refractivity contribution in [2.24, 2.45) is 0 Å². The summed E-state index contributed by atoms with van der Waals surface area (Å²) in [5.74, 6) is -2.27. The Morgan fingerprint density at radius 3 is 2.79 bits per heavy atom. The highest BCUT2D eigenvalue weighted by molar-refractivity contribution is 5.76. The molecule has 5 nitrogen and oxygen atoms in total. The number of hydrogen-bond acceptors (Lipinski definition) is 3. The standard InChI is InChI=1S/C17H20F2N2O3/c1-17(16(22)23,6-3-7-24-2)21-11-12(10-20-21)8-13-4-5-14(18)9-15(13)19/h4-5,9-11H,3,6-8H2,1-2H3,(H,22,23). The van der Waals surface area contributed by atoms with Gasteiger partial charge in [0.05, 0.1) is 6.20 Å². The number of halogens is 2. The first-order valence-electron chi connectivity index (χ1n) is 7.57. The van der Waals surface area contributed by atoms with Gasteiger partial charge in [0, 0.05) is 32.4 Å². The van der Waals surface area contributed by atoms with Crippen molar-refractivity contribution in [2.45, 2.75) is 31.7 Å². The van der Waals surface area contributed by atoms with Crippen molar-refractivity contribution < 1.29 is 23.4 Å². The minimum absolute atomic E-state index is 0.208. The highest BCUT2D eigenvalue weighted by atomic mass is 19.1. The van der Waals surface area contributed by atoms with E-state index in [2.05, 4.69) is 5.10 Å². The molecule has 7 heteroatoms. The van der Waals surface area contributed by atoms with Gasteiger partial charge in [0.2, 0.25) is 0 Å². The molecule has 1 heterocycles. The van der Waals surface area contributed by atoms with Gasteiger partial charge >= 0.3 is 5.97 Å². The summed E-state index contributed by atoms with van der Waals surface area (Å²) >= 11 is 0. The van der Waals surface area contributed by atoms with Gasteiger partial charge < -0.3 is 9.84 Å². The lowest BCUT2D eigenvalue weighted by Gasteiger charge is -2.25. The molecule has 0 aliphatic heterocycles. The van der Waals surface area contributed by atoms with E-state index in [1.807, 2.05) is 0 Å². The summed E-state index contributed by atoms with van der Waals surface area (Å²) in [6, 6.07) is 3.39. The van der Waals surface area contributed by atoms with Crippen LogP contribution < -0.4 is 0 Å². The van der Waals surface area contributed by atoms with Gasteiger partial charge in [0.1, 0.15) is 11.6 Å². The molecule has 0 spiro atoms. The average Bonchev–Trinajstić information content (AvgIpc) is 2.99. The number of methoxy groups -OCH3 is 1. The van der Waals surface area contributed by atoms with E-state index < -0.39 is 23.1 Å². The number of aromatic nitrogens is 2. The van der Waals surface area contributed by atoms with Crippen LogP contribution in [0.4, 0.5) is 8.78 Å². The molecule has 0 aliphatic carbocycles. The largest absolute Gasteiger partial charge is 0.479 e. The first-order chi connectivity index (χ1) is 11.4. The Balaban J connectivity index is 2.19. The molecule has 0 amide bonds. The summed E-state index contributed by atoms with van der Waals surface area (Å²) in [6.07, 6.45) is 4.22. The van der Waals surface area contributed by atoms with Crippen LogP contribution in [0.5, 0.6) is 0 Å². The first kappa shape index (κ1) is 18.1. The summed E-state index contributed by atoms with van der Waals surface area (Å²) in [4.78, 5) is 11.7. The lowest BCUT2D eigenvalue weighted by atomic mass is 9.96. The van der Waals surface area contributed by atoms with E-state index >= 15 is 0 Å². The predicted molar refractivity (Wildman–Crippen MR) is 83.8 cm³/mol. The molecule has 1 unspecified atom stereocenters. The third-order valence-electron chi connectivity index (χ3n) is 4.02. The minimum Gasteiger partial charge on any atom is -0.479 e. The molecule has 24 heavy (non-hydrogen) atoms. The zero-order valence-electron chi connectivity index (χ0n) is 13.6. The van der Waals surface area contributed by atoms with Crippen molar-refractivity contribution in [1.82, 2.24) is 9.78 Å². The van der Waals surface area contributed by atoms with Crippen LogP contribution in [0.3, 0.4) is 0 Å². The molecule has 1 atom stereocenters. The summed E-state index contributed by atoms with van der Waals surface area (Å²) in [7, 11) is 1.56. The van der Waals surface area contributed by atoms with Gasteiger partial charge in [0.25, 0.3) is 0 Å². The monoisotopic (exact) mass is 338 g/mol. The number of rotatable bonds is 8. The molecule has 1 aromatic carbocycles. The fourth-order valence-corrected chi connectivity index (χ4v) is 2.49. The predicted octanol–water partition coefficient (Wildman–Crippen LogP) is 2.98. The van der Waals surface area contributed by atoms with Crippen molar-refractivity contribution >= 4 is 5.97 Å². The van der Waals surface area contributed by atoms with Gasteiger partial charge in [-0.3, -0.25) is 4.68 Å². The quantitative estimate of drug-likeness (QED) is 0.752. The maximum Gasteiger partial charge on any atom is 0.331 e. The second-order valence-electron chi connectivity index (χ2n) is 5.88. The fraction of sp³-hybridized carbons (Fsp3) is 0.412. The van der Waals surface area contributed by atoms with Crippen LogP contribution in [0.2, 0.25) is 0 Å². The number of benzene rings is 1. The number of ether oxygens (including phenoxy) is 1. The Labute approximate surface area is 138 Å². The molecular weight excluding hydrogens is 318 g/mol. The number of nitrogens with zero attached hydrogens (tertiary/aromatic N) is 2. The second kappa shape index (κ2) is 7.53. The summed E-state index contributed by atoms with van der Waals surface area (Å²) in [5.41, 5.74) is -0.231. The van der Waals surface area contributed by atoms with E-state index in [1.165, 1.54) is 23.0 Å². The molecule has 1 aromatic heterocycles. The van der Waals surface area contributed by atoms with E-state index in [0.717, 1.165) is 6.07 Å². The summed E-state index contributed by atoms with van der Waals surface area (Å²) in [6.45, 7) is 2.04. The molecule has 0 saturated heterocycles. The topological polar surface area (TPSA) is 64.3 Å². The van der Waals surface area contributed by atoms with Gasteiger partial charge in [-0.05, 0) is 37.0 Å². The molecule has 130 valence electrons. The molecule has 1 N–H and O–H groups in total. The van der Waals surface area contributed by atoms with Gasteiger partial charge in [-0.1, -0.05) is 6.07 Å². The number of hydrogen-bond donors (Lipinski definition) is 1. The van der Waals surface area contributed by atoms with Crippen LogP contribution in [-0.2, 0) is 21.5 Å². The first-order valence-corrected chi connectivity index (χ1v) is 7.57. The molecule has 0 radical (unpaired) electrons. The Bertz CT molecular complexity index is 718. The van der Waals surface area contributed by atoms with Crippen LogP contribution in [0, 0.1) is 11.6 Å². The van der Waals surface area contributed by atoms with Crippen LogP contribution >= 0.6 is 0 Å². The Kier molecular flexibility index (Phi) is 5.66. The van der Waals surface area contributed by atoms with Crippen LogP contribution in [-0.4, -0.2) is 34.6 Å². The van der Waals surface area contributed by atoms with E-state index in [4.69, 9.17) is 4.74 Å². The average molecular weight is 338 g/mol. The number of carboxylic acid groups (broad SMARTS) is 1. The van der Waals surface area contributed by atoms with Crippen molar-refractivity contribution in [1.29, 1.82) is 0 Å². The lowest BCUT2D eigenvalue weighted by Crippen LogP contribution is -2.39. The number of carboxylic acids is 1. The zero-order chi connectivity index (χ0) is 17.7. The summed E-state index contributed by atoms with van der Waals surface area (Å²) < 4.78 is 33.0. The van der Waals surface area contributed by atoms with Crippen molar-refractivity contribution in [3.05, 3.63) is 53.4 Å². The van der Waals surface area contributed by atoms with E-state index in [1.54, 1.807) is 20.2 Å². The van der Waals surface area contributed by atoms with Gasteiger partial charge in [0.15, 0.2) is 5.54 Å². The molecule has 0 fully saturated rings. The Hall–Kier alpha value is -2.28. The molecule has 0 aliphatic rings. The van der Waals surface area contributed by atoms with Gasteiger partial charge in [-0.15, -0.1) is 0 Å². The highest BCUT2D eigenvalue weighted by Gasteiger charge is 2.35. The zero-order valence-corrected chi connectivity index (χ0v) is 13.6. The molecule has 0 saturated carbocycles. The fourth-order valence-electron chi connectivity index (χ4n) is 2.49. The molecule has 2 rings (SSSR count). The van der Waals surface area contributed by atoms with Crippen LogP contribution in [0.25, 0.3) is 0 Å². The highest BCUT2D eigenvalue weighted by Crippen LogP contribution is 2.24. The maximum absolute atomic E-state index is 13.7. The minimum atomic E-state index is -1.21. The van der Waals surface area contributed by atoms with Crippen molar-refractivity contribution in [3.63, 3.8) is 0 Å². The second-order valence-corrected chi connectivity index (χ2v) is 5.88. The SMILES string of the molecule is COCCCC(C)(C(=O)O)n1cc(Cc2ccc(F)cc2F)cn1. The van der Waals surface area contributed by atoms with Gasteiger partial charge in [-0.25, -0.2) is 13.6 Å². The molecule has 0 bridgehead atoms. The smallest absolute Gasteiger partial charge is 0.331 e. The van der Waals surface area contributed by atoms with Crippen LogP contribution in [0.15, 0.2) is 30.6 Å². The van der Waals surface area contributed by atoms with E-state index in [-0.39, 0.29) is 6.42 Å². The van der Waals surface area contributed by atoms with E-state index in [0.29, 0.717) is 30.6 Å². The molecular formula is C17H20F2N2O3. The number of aliphatic carboxylic acids is 1. The van der Waals surface area contributed by atoms with Crippen molar-refractivity contribution in [3.8, 4) is 0 Å². The number of carbonyl (C=O) groups is 1. The Morgan fingerprint density at radius 2 is 2.17 bits per heavy atom. The summed E-state index contributed by atoms with van der Waals surface area (Å²) in [5, 5.41) is 13.7. The third-order valence-corrected chi connectivity index (χ3v) is 4.02.